The maximum Gasteiger partial charge on any atom is 0.394 e. The van der Waals surface area contributed by atoms with Gasteiger partial charge in [-0.25, -0.2) is 0 Å². The van der Waals surface area contributed by atoms with Crippen molar-refractivity contribution in [1.29, 1.82) is 0 Å². The first kappa shape index (κ1) is 30.6. The number of carboxylic acid groups (broad SMARTS) is 1. The fourth-order valence-corrected chi connectivity index (χ4v) is 2.65. The van der Waals surface area contributed by atoms with Crippen molar-refractivity contribution < 1.29 is 44.5 Å². The molecule has 0 bridgehead atoms. The van der Waals surface area contributed by atoms with Crippen LogP contribution in [-0.2, 0) is 32.3 Å². The summed E-state index contributed by atoms with van der Waals surface area (Å²) in [7, 11) is -4.67. The van der Waals surface area contributed by atoms with Crippen LogP contribution in [-0.4, -0.2) is 28.6 Å². The summed E-state index contributed by atoms with van der Waals surface area (Å²) in [5, 5.41) is 8.52. The van der Waals surface area contributed by atoms with Gasteiger partial charge < -0.3 is 5.11 Å². The summed E-state index contributed by atoms with van der Waals surface area (Å²) in [6.07, 6.45) is 20.2. The summed E-state index contributed by atoms with van der Waals surface area (Å²) in [6, 6.07) is 0. The van der Waals surface area contributed by atoms with Gasteiger partial charge in [-0.15, -0.1) is 0 Å². The Morgan fingerprint density at radius 2 is 0.885 bits per heavy atom. The van der Waals surface area contributed by atoms with E-state index in [1.54, 1.807) is 0 Å². The van der Waals surface area contributed by atoms with Crippen LogP contribution in [0, 0.1) is 0 Å². The fourth-order valence-electron chi connectivity index (χ4n) is 2.65. The Balaban J connectivity index is -0.000000772. The number of aliphatic carboxylic acids is 1. The van der Waals surface area contributed by atoms with Crippen molar-refractivity contribution in [2.24, 2.45) is 0 Å². The van der Waals surface area contributed by atoms with Gasteiger partial charge in [0.25, 0.3) is 0 Å². The Hall–Kier alpha value is -0.141. The zero-order chi connectivity index (χ0) is 19.4. The second-order valence-electron chi connectivity index (χ2n) is 6.54. The number of carbonyl (C=O) groups is 1. The molecule has 6 nitrogen and oxygen atoms in total. The standard InChI is InChI=1S/C18H36O2.Cu.H2O4S/c1-2-3-4-5-6-7-8-9-10-11-12-13-14-15-16-17-18(19)20;;1-5(2,3)4/h2-17H2,1H3,(H,19,20);;(H2,1,2,3,4). The first-order valence-electron chi connectivity index (χ1n) is 9.69. The van der Waals surface area contributed by atoms with Gasteiger partial charge in [0.2, 0.25) is 0 Å². The summed E-state index contributed by atoms with van der Waals surface area (Å²) in [6.45, 7) is 2.27. The van der Waals surface area contributed by atoms with Crippen molar-refractivity contribution in [3.63, 3.8) is 0 Å². The van der Waals surface area contributed by atoms with Crippen LogP contribution in [0.1, 0.15) is 110 Å². The van der Waals surface area contributed by atoms with Crippen LogP contribution >= 0.6 is 0 Å². The normalized spacial score (nSPS) is 10.6. The minimum Gasteiger partial charge on any atom is -0.481 e. The number of hydrogen-bond donors (Lipinski definition) is 3. The monoisotopic (exact) mass is 445 g/mol. The van der Waals surface area contributed by atoms with E-state index in [-0.39, 0.29) is 17.1 Å². The molecule has 0 aromatic carbocycles. The first-order valence-corrected chi connectivity index (χ1v) is 11.1. The quantitative estimate of drug-likeness (QED) is 0.160. The summed E-state index contributed by atoms with van der Waals surface area (Å²) < 4.78 is 31.6. The topological polar surface area (TPSA) is 112 Å². The molecule has 0 unspecified atom stereocenters. The molecule has 0 rings (SSSR count). The molecule has 0 saturated heterocycles. The van der Waals surface area contributed by atoms with Crippen LogP contribution in [0.3, 0.4) is 0 Å². The molecule has 0 amide bonds. The van der Waals surface area contributed by atoms with Gasteiger partial charge in [0.05, 0.1) is 0 Å². The molecule has 0 heterocycles. The van der Waals surface area contributed by atoms with E-state index in [2.05, 4.69) is 6.92 Å². The Kier molecular flexibility index (Phi) is 26.9. The van der Waals surface area contributed by atoms with E-state index in [4.69, 9.17) is 22.6 Å². The second kappa shape index (κ2) is 22.9. The van der Waals surface area contributed by atoms with E-state index in [9.17, 15) is 4.79 Å². The first-order chi connectivity index (χ1) is 11.8. The number of hydrogen-bond acceptors (Lipinski definition) is 3. The number of carboxylic acids is 1. The van der Waals surface area contributed by atoms with Crippen LogP contribution < -0.4 is 0 Å². The van der Waals surface area contributed by atoms with Gasteiger partial charge in [0.15, 0.2) is 0 Å². The second-order valence-corrected chi connectivity index (χ2v) is 7.44. The molecular weight excluding hydrogens is 408 g/mol. The Morgan fingerprint density at radius 1 is 0.654 bits per heavy atom. The Bertz CT molecular complexity index is 379. The third-order valence-electron chi connectivity index (χ3n) is 3.99. The van der Waals surface area contributed by atoms with E-state index in [1.165, 1.54) is 83.5 Å². The van der Waals surface area contributed by atoms with Gasteiger partial charge in [-0.3, -0.25) is 13.9 Å². The van der Waals surface area contributed by atoms with E-state index in [0.29, 0.717) is 6.42 Å². The third kappa shape index (κ3) is 43.9. The van der Waals surface area contributed by atoms with Gasteiger partial charge in [-0.05, 0) is 6.42 Å². The minimum atomic E-state index is -4.67. The van der Waals surface area contributed by atoms with Crippen LogP contribution in [0.25, 0.3) is 0 Å². The molecule has 0 aliphatic rings. The van der Waals surface area contributed by atoms with Crippen LogP contribution in [0.15, 0.2) is 0 Å². The molecule has 3 N–H and O–H groups in total. The van der Waals surface area contributed by atoms with Crippen molar-refractivity contribution in [3.8, 4) is 0 Å². The van der Waals surface area contributed by atoms with Gasteiger partial charge in [0.1, 0.15) is 0 Å². The molecule has 0 atom stereocenters. The zero-order valence-electron chi connectivity index (χ0n) is 16.1. The van der Waals surface area contributed by atoms with Crippen LogP contribution in [0.4, 0.5) is 0 Å². The zero-order valence-corrected chi connectivity index (χ0v) is 17.8. The van der Waals surface area contributed by atoms with Gasteiger partial charge in [-0.2, -0.15) is 8.42 Å². The summed E-state index contributed by atoms with van der Waals surface area (Å²) in [5.41, 5.74) is 0. The summed E-state index contributed by atoms with van der Waals surface area (Å²) in [4.78, 5) is 10.3. The molecule has 0 aromatic rings. The van der Waals surface area contributed by atoms with E-state index >= 15 is 0 Å². The maximum atomic E-state index is 10.3. The molecule has 0 aliphatic carbocycles. The summed E-state index contributed by atoms with van der Waals surface area (Å²) >= 11 is 0. The Morgan fingerprint density at radius 3 is 1.12 bits per heavy atom. The van der Waals surface area contributed by atoms with Crippen molar-refractivity contribution in [3.05, 3.63) is 0 Å². The summed E-state index contributed by atoms with van der Waals surface area (Å²) in [5.74, 6) is -0.653. The smallest absolute Gasteiger partial charge is 0.394 e. The molecular formula is C18H38CuO6S. The van der Waals surface area contributed by atoms with E-state index < -0.39 is 16.4 Å². The van der Waals surface area contributed by atoms with Gasteiger partial charge >= 0.3 is 16.4 Å². The third-order valence-corrected chi connectivity index (χ3v) is 3.99. The van der Waals surface area contributed by atoms with Gasteiger partial charge in [0, 0.05) is 23.5 Å². The molecule has 0 aliphatic heterocycles. The molecule has 1 radical (unpaired) electrons. The molecule has 26 heavy (non-hydrogen) atoms. The number of unbranched alkanes of at least 4 members (excludes halogenated alkanes) is 14. The molecule has 163 valence electrons. The predicted octanol–water partition coefficient (Wildman–Crippen LogP) is 5.68. The molecule has 8 heteroatoms. The van der Waals surface area contributed by atoms with Crippen molar-refractivity contribution >= 4 is 16.4 Å². The average molecular weight is 446 g/mol. The maximum absolute atomic E-state index is 10.3. The molecule has 0 saturated carbocycles. The SMILES string of the molecule is CCCCCCCCCCCCCCCCCC(=O)O.O=S(=O)(O)O.[Cu]. The van der Waals surface area contributed by atoms with E-state index in [1.807, 2.05) is 0 Å². The van der Waals surface area contributed by atoms with Gasteiger partial charge in [-0.1, -0.05) is 96.8 Å². The molecule has 0 spiro atoms. The fraction of sp³-hybridized carbons (Fsp3) is 0.944. The van der Waals surface area contributed by atoms with Crippen LogP contribution in [0.2, 0.25) is 0 Å². The van der Waals surface area contributed by atoms with Crippen molar-refractivity contribution in [2.75, 3.05) is 0 Å². The average Bonchev–Trinajstić information content (AvgIpc) is 2.49. The van der Waals surface area contributed by atoms with E-state index in [0.717, 1.165) is 12.8 Å². The Labute approximate surface area is 170 Å². The molecule has 0 fully saturated rings. The minimum absolute atomic E-state index is 0. The molecule has 0 aromatic heterocycles. The predicted molar refractivity (Wildman–Crippen MR) is 101 cm³/mol. The van der Waals surface area contributed by atoms with Crippen molar-refractivity contribution in [1.82, 2.24) is 0 Å². The largest absolute Gasteiger partial charge is 0.481 e. The van der Waals surface area contributed by atoms with Crippen molar-refractivity contribution in [2.45, 2.75) is 110 Å². The van der Waals surface area contributed by atoms with Crippen LogP contribution in [0.5, 0.6) is 0 Å². The number of rotatable bonds is 16.